The van der Waals surface area contributed by atoms with Crippen LogP contribution in [0, 0.1) is 0 Å². The first kappa shape index (κ1) is 24.8. The largest absolute Gasteiger partial charge is 0.455 e. The molecule has 8 heteroatoms. The summed E-state index contributed by atoms with van der Waals surface area (Å²) in [5.74, 6) is 2.57. The van der Waals surface area contributed by atoms with Gasteiger partial charge < -0.3 is 19.5 Å². The van der Waals surface area contributed by atoms with Crippen LogP contribution in [0.4, 0.5) is 5.82 Å². The van der Waals surface area contributed by atoms with Gasteiger partial charge >= 0.3 is 0 Å². The molecule has 0 aliphatic rings. The number of carbonyl (C=O) groups is 1. The second-order valence-corrected chi connectivity index (χ2v) is 9.49. The van der Waals surface area contributed by atoms with Crippen LogP contribution in [0.15, 0.2) is 58.1 Å². The van der Waals surface area contributed by atoms with Gasteiger partial charge in [-0.1, -0.05) is 55.9 Å². The van der Waals surface area contributed by atoms with Crippen LogP contribution in [0.25, 0.3) is 0 Å². The van der Waals surface area contributed by atoms with Crippen LogP contribution < -0.4 is 10.2 Å². The highest BCUT2D eigenvalue weighted by Gasteiger charge is 2.14. The highest BCUT2D eigenvalue weighted by Crippen LogP contribution is 2.26. The van der Waals surface area contributed by atoms with E-state index in [1.165, 1.54) is 17.3 Å². The monoisotopic (exact) mass is 467 g/mol. The SMILES string of the molecule is CC(C)c1cc(N(C)Cc2ccccc2)nc(SCc2ccc(C(=O)NCCN(C)C)o2)n1. The van der Waals surface area contributed by atoms with Crippen LogP contribution in [0.1, 0.15) is 47.3 Å². The fourth-order valence-corrected chi connectivity index (χ4v) is 3.87. The Balaban J connectivity index is 1.66. The number of likely N-dealkylation sites (N-methyl/N-ethyl adjacent to an activating group) is 1. The third-order valence-corrected chi connectivity index (χ3v) is 5.90. The maximum Gasteiger partial charge on any atom is 0.287 e. The third kappa shape index (κ3) is 7.61. The Kier molecular flexibility index (Phi) is 8.91. The quantitative estimate of drug-likeness (QED) is 0.331. The average Bonchev–Trinajstić information content (AvgIpc) is 3.27. The van der Waals surface area contributed by atoms with E-state index in [4.69, 9.17) is 14.4 Å². The maximum absolute atomic E-state index is 12.2. The number of benzene rings is 1. The van der Waals surface area contributed by atoms with Crippen LogP contribution in [0.3, 0.4) is 0 Å². The molecular weight excluding hydrogens is 434 g/mol. The summed E-state index contributed by atoms with van der Waals surface area (Å²) in [6, 6.07) is 15.9. The van der Waals surface area contributed by atoms with Crippen LogP contribution in [-0.2, 0) is 12.3 Å². The number of aromatic nitrogens is 2. The molecule has 0 unspecified atom stereocenters. The van der Waals surface area contributed by atoms with E-state index in [-0.39, 0.29) is 11.8 Å². The molecule has 0 bridgehead atoms. The lowest BCUT2D eigenvalue weighted by molar-refractivity contribution is 0.0922. The van der Waals surface area contributed by atoms with Gasteiger partial charge in [0.15, 0.2) is 10.9 Å². The summed E-state index contributed by atoms with van der Waals surface area (Å²) in [6.07, 6.45) is 0. The molecule has 176 valence electrons. The van der Waals surface area contributed by atoms with Crippen LogP contribution in [0.5, 0.6) is 0 Å². The summed E-state index contributed by atoms with van der Waals surface area (Å²) < 4.78 is 5.75. The summed E-state index contributed by atoms with van der Waals surface area (Å²) in [5, 5.41) is 3.56. The molecule has 7 nitrogen and oxygen atoms in total. The van der Waals surface area contributed by atoms with Crippen LogP contribution in [0.2, 0.25) is 0 Å². The van der Waals surface area contributed by atoms with E-state index in [1.54, 1.807) is 6.07 Å². The number of hydrogen-bond acceptors (Lipinski definition) is 7. The molecule has 0 aliphatic heterocycles. The Morgan fingerprint density at radius 2 is 1.85 bits per heavy atom. The van der Waals surface area contributed by atoms with Gasteiger partial charge in [-0.25, -0.2) is 9.97 Å². The molecule has 0 spiro atoms. The van der Waals surface area contributed by atoms with Crippen molar-refractivity contribution in [3.05, 3.63) is 71.3 Å². The molecule has 0 saturated heterocycles. The van der Waals surface area contributed by atoms with Crippen molar-refractivity contribution in [1.82, 2.24) is 20.2 Å². The Bertz CT molecular complexity index is 1040. The number of rotatable bonds is 11. The lowest BCUT2D eigenvalue weighted by Gasteiger charge is -2.20. The van der Waals surface area contributed by atoms with Crippen molar-refractivity contribution in [2.75, 3.05) is 39.1 Å². The van der Waals surface area contributed by atoms with Gasteiger partial charge in [0.1, 0.15) is 11.6 Å². The van der Waals surface area contributed by atoms with Gasteiger partial charge in [0.25, 0.3) is 5.91 Å². The molecular formula is C25H33N5O2S. The molecule has 0 saturated carbocycles. The van der Waals surface area contributed by atoms with E-state index in [2.05, 4.69) is 42.3 Å². The molecule has 0 aliphatic carbocycles. The molecule has 1 aromatic carbocycles. The first-order valence-corrected chi connectivity index (χ1v) is 12.1. The molecule has 2 aromatic heterocycles. The van der Waals surface area contributed by atoms with Crippen molar-refractivity contribution in [3.8, 4) is 0 Å². The Morgan fingerprint density at radius 1 is 1.09 bits per heavy atom. The normalized spacial score (nSPS) is 11.2. The van der Waals surface area contributed by atoms with Crippen molar-refractivity contribution in [3.63, 3.8) is 0 Å². The summed E-state index contributed by atoms with van der Waals surface area (Å²) in [4.78, 5) is 25.9. The van der Waals surface area contributed by atoms with Gasteiger partial charge in [-0.15, -0.1) is 0 Å². The Morgan fingerprint density at radius 3 is 2.55 bits per heavy atom. The molecule has 3 rings (SSSR count). The summed E-state index contributed by atoms with van der Waals surface area (Å²) in [6.45, 7) is 6.38. The first-order valence-electron chi connectivity index (χ1n) is 11.1. The van der Waals surface area contributed by atoms with Gasteiger partial charge in [0.05, 0.1) is 5.75 Å². The number of nitrogens with zero attached hydrogens (tertiary/aromatic N) is 4. The number of nitrogens with one attached hydrogen (secondary N) is 1. The van der Waals surface area contributed by atoms with E-state index >= 15 is 0 Å². The number of thioether (sulfide) groups is 1. The fraction of sp³-hybridized carbons (Fsp3) is 0.400. The van der Waals surface area contributed by atoms with Gasteiger partial charge in [-0.2, -0.15) is 0 Å². The molecule has 1 N–H and O–H groups in total. The summed E-state index contributed by atoms with van der Waals surface area (Å²) in [5.41, 5.74) is 2.23. The third-order valence-electron chi connectivity index (χ3n) is 5.03. The van der Waals surface area contributed by atoms with Gasteiger partial charge in [-0.05, 0) is 37.7 Å². The zero-order valence-corrected chi connectivity index (χ0v) is 20.9. The van der Waals surface area contributed by atoms with E-state index < -0.39 is 0 Å². The zero-order valence-electron chi connectivity index (χ0n) is 20.0. The van der Waals surface area contributed by atoms with Crippen molar-refractivity contribution in [2.24, 2.45) is 0 Å². The fourth-order valence-electron chi connectivity index (χ4n) is 3.12. The van der Waals surface area contributed by atoms with Crippen LogP contribution in [-0.4, -0.2) is 55.0 Å². The zero-order chi connectivity index (χ0) is 23.8. The molecule has 0 fully saturated rings. The highest BCUT2D eigenvalue weighted by molar-refractivity contribution is 7.98. The van der Waals surface area contributed by atoms with Crippen molar-refractivity contribution in [1.29, 1.82) is 0 Å². The predicted molar refractivity (Wildman–Crippen MR) is 134 cm³/mol. The minimum atomic E-state index is -0.198. The number of amides is 1. The van der Waals surface area contributed by atoms with Gasteiger partial charge in [-0.3, -0.25) is 4.79 Å². The molecule has 0 radical (unpaired) electrons. The Hall–Kier alpha value is -2.84. The van der Waals surface area contributed by atoms with E-state index in [0.29, 0.717) is 23.2 Å². The predicted octanol–water partition coefficient (Wildman–Crippen LogP) is 4.41. The van der Waals surface area contributed by atoms with Crippen molar-refractivity contribution in [2.45, 2.75) is 37.2 Å². The van der Waals surface area contributed by atoms with Crippen molar-refractivity contribution < 1.29 is 9.21 Å². The number of furan rings is 1. The number of hydrogen-bond donors (Lipinski definition) is 1. The molecule has 33 heavy (non-hydrogen) atoms. The smallest absolute Gasteiger partial charge is 0.287 e. The minimum absolute atomic E-state index is 0.198. The summed E-state index contributed by atoms with van der Waals surface area (Å²) >= 11 is 1.51. The van der Waals surface area contributed by atoms with Crippen LogP contribution >= 0.6 is 11.8 Å². The topological polar surface area (TPSA) is 74.5 Å². The lowest BCUT2D eigenvalue weighted by Crippen LogP contribution is -2.31. The van der Waals surface area contributed by atoms with Gasteiger partial charge in [0.2, 0.25) is 0 Å². The maximum atomic E-state index is 12.2. The molecule has 1 amide bonds. The van der Waals surface area contributed by atoms with E-state index in [9.17, 15) is 4.79 Å². The highest BCUT2D eigenvalue weighted by atomic mass is 32.2. The van der Waals surface area contributed by atoms with E-state index in [0.717, 1.165) is 30.4 Å². The molecule has 2 heterocycles. The first-order chi connectivity index (χ1) is 15.8. The summed E-state index contributed by atoms with van der Waals surface area (Å²) in [7, 11) is 5.98. The standard InChI is InChI=1S/C25H33N5O2S/c1-18(2)21-15-23(30(5)16-19-9-7-6-8-10-19)28-25(27-21)33-17-20-11-12-22(32-20)24(31)26-13-14-29(3)4/h6-12,15,18H,13-14,16-17H2,1-5H3,(H,26,31). The number of anilines is 1. The molecule has 0 atom stereocenters. The molecule has 3 aromatic rings. The van der Waals surface area contributed by atoms with E-state index in [1.807, 2.05) is 50.3 Å². The van der Waals surface area contributed by atoms with Gasteiger partial charge in [0, 0.05) is 38.4 Å². The Labute approximate surface area is 200 Å². The second kappa shape index (κ2) is 11.9. The minimum Gasteiger partial charge on any atom is -0.455 e. The van der Waals surface area contributed by atoms with Crippen molar-refractivity contribution >= 4 is 23.5 Å². The lowest BCUT2D eigenvalue weighted by atomic mass is 10.1. The second-order valence-electron chi connectivity index (χ2n) is 8.54. The average molecular weight is 468 g/mol. The number of carbonyl (C=O) groups excluding carboxylic acids is 1.